The number of hydrogen-bond donors (Lipinski definition) is 1. The molecule has 2 fully saturated rings. The fourth-order valence-electron chi connectivity index (χ4n) is 5.63. The molecule has 0 bridgehead atoms. The first kappa shape index (κ1) is 33.2. The number of amides is 3. The van der Waals surface area contributed by atoms with Gasteiger partial charge in [0.25, 0.3) is 0 Å². The summed E-state index contributed by atoms with van der Waals surface area (Å²) in [6.45, 7) is 7.92. The monoisotopic (exact) mass is 587 g/mol. The first-order valence-electron chi connectivity index (χ1n) is 15.2. The van der Waals surface area contributed by atoms with Gasteiger partial charge in [-0.05, 0) is 89.3 Å². The predicted octanol–water partition coefficient (Wildman–Crippen LogP) is 4.34. The van der Waals surface area contributed by atoms with Crippen molar-refractivity contribution in [1.82, 2.24) is 15.1 Å². The maximum Gasteiger partial charge on any atom is 0.410 e. The zero-order chi connectivity index (χ0) is 30.7. The van der Waals surface area contributed by atoms with Gasteiger partial charge in [-0.1, -0.05) is 12.1 Å². The summed E-state index contributed by atoms with van der Waals surface area (Å²) in [6.07, 6.45) is 5.48. The largest absolute Gasteiger partial charge is 0.497 e. The number of likely N-dealkylation sites (tertiary alicyclic amines) is 2. The molecule has 1 N–H and O–H groups in total. The van der Waals surface area contributed by atoms with Gasteiger partial charge in [-0.2, -0.15) is 0 Å². The SMILES string of the molecule is COC(=O)CC(CCc1cccc(OC)c1)NC(=O)[C@@H]1CCCN(C(=O)CCC2CCN(C(=O)OC(C)(C)C)CC2)C1. The van der Waals surface area contributed by atoms with E-state index >= 15 is 0 Å². The number of aryl methyl sites for hydroxylation is 1. The molecule has 10 heteroatoms. The summed E-state index contributed by atoms with van der Waals surface area (Å²) >= 11 is 0. The highest BCUT2D eigenvalue weighted by Gasteiger charge is 2.31. The number of methoxy groups -OCH3 is 2. The maximum atomic E-state index is 13.3. The summed E-state index contributed by atoms with van der Waals surface area (Å²) in [5.74, 6) is 0.423. The smallest absolute Gasteiger partial charge is 0.410 e. The van der Waals surface area contributed by atoms with Crippen LogP contribution in [0.25, 0.3) is 0 Å². The number of rotatable bonds is 11. The van der Waals surface area contributed by atoms with Crippen LogP contribution >= 0.6 is 0 Å². The van der Waals surface area contributed by atoms with E-state index < -0.39 is 5.60 Å². The summed E-state index contributed by atoms with van der Waals surface area (Å²) in [5.41, 5.74) is 0.547. The van der Waals surface area contributed by atoms with E-state index in [1.165, 1.54) is 7.11 Å². The van der Waals surface area contributed by atoms with Crippen molar-refractivity contribution < 1.29 is 33.4 Å². The molecule has 0 saturated carbocycles. The van der Waals surface area contributed by atoms with E-state index in [-0.39, 0.29) is 42.3 Å². The zero-order valence-corrected chi connectivity index (χ0v) is 26.0. The maximum absolute atomic E-state index is 13.3. The lowest BCUT2D eigenvalue weighted by molar-refractivity contribution is -0.141. The Bertz CT molecular complexity index is 1060. The highest BCUT2D eigenvalue weighted by atomic mass is 16.6. The Morgan fingerprint density at radius 1 is 1.02 bits per heavy atom. The molecule has 1 aromatic rings. The number of hydrogen-bond acceptors (Lipinski definition) is 7. The van der Waals surface area contributed by atoms with Crippen LogP contribution < -0.4 is 10.1 Å². The molecule has 0 spiro atoms. The van der Waals surface area contributed by atoms with Gasteiger partial charge in [0.15, 0.2) is 0 Å². The molecule has 2 saturated heterocycles. The molecule has 1 aromatic carbocycles. The van der Waals surface area contributed by atoms with Gasteiger partial charge in [0, 0.05) is 38.6 Å². The molecule has 42 heavy (non-hydrogen) atoms. The van der Waals surface area contributed by atoms with E-state index in [2.05, 4.69) is 5.32 Å². The van der Waals surface area contributed by atoms with Crippen LogP contribution in [0, 0.1) is 11.8 Å². The lowest BCUT2D eigenvalue weighted by Crippen LogP contribution is -2.48. The van der Waals surface area contributed by atoms with E-state index in [1.54, 1.807) is 12.0 Å². The summed E-state index contributed by atoms with van der Waals surface area (Å²) in [4.78, 5) is 54.3. The van der Waals surface area contributed by atoms with Crippen LogP contribution in [0.5, 0.6) is 5.75 Å². The number of carbonyl (C=O) groups is 4. The van der Waals surface area contributed by atoms with Gasteiger partial charge in [-0.15, -0.1) is 0 Å². The van der Waals surface area contributed by atoms with Crippen LogP contribution in [0.15, 0.2) is 24.3 Å². The van der Waals surface area contributed by atoms with E-state index in [9.17, 15) is 19.2 Å². The summed E-state index contributed by atoms with van der Waals surface area (Å²) in [7, 11) is 2.97. The third kappa shape index (κ3) is 10.8. The minimum atomic E-state index is -0.511. The Balaban J connectivity index is 1.46. The standard InChI is InChI=1S/C32H49N3O7/c1-32(2,3)42-31(39)34-18-15-23(16-19-34)12-14-28(36)35-17-7-9-25(22-35)30(38)33-26(21-29(37)41-5)13-11-24-8-6-10-27(20-24)40-4/h6,8,10,20,23,25-26H,7,9,11-19,21-22H2,1-5H3,(H,33,38)/t25-,26?/m1/s1. The molecule has 2 aliphatic rings. The zero-order valence-electron chi connectivity index (χ0n) is 26.0. The second kappa shape index (κ2) is 15.8. The second-order valence-electron chi connectivity index (χ2n) is 12.5. The highest BCUT2D eigenvalue weighted by Crippen LogP contribution is 2.25. The highest BCUT2D eigenvalue weighted by molar-refractivity contribution is 5.82. The Morgan fingerprint density at radius 3 is 2.43 bits per heavy atom. The Kier molecular flexibility index (Phi) is 12.5. The number of nitrogens with zero attached hydrogens (tertiary/aromatic N) is 2. The Hall–Kier alpha value is -3.30. The average molecular weight is 588 g/mol. The number of nitrogens with one attached hydrogen (secondary N) is 1. The van der Waals surface area contributed by atoms with Crippen molar-refractivity contribution >= 4 is 23.9 Å². The van der Waals surface area contributed by atoms with Crippen LogP contribution in [-0.2, 0) is 30.3 Å². The van der Waals surface area contributed by atoms with Gasteiger partial charge in [0.05, 0.1) is 26.6 Å². The van der Waals surface area contributed by atoms with Crippen LogP contribution in [0.2, 0.25) is 0 Å². The van der Waals surface area contributed by atoms with Crippen LogP contribution in [0.4, 0.5) is 4.79 Å². The first-order chi connectivity index (χ1) is 20.0. The van der Waals surface area contributed by atoms with Gasteiger partial charge in [0.1, 0.15) is 11.4 Å². The molecule has 10 nitrogen and oxygen atoms in total. The summed E-state index contributed by atoms with van der Waals surface area (Å²) in [5, 5.41) is 3.07. The van der Waals surface area contributed by atoms with Crippen molar-refractivity contribution in [2.24, 2.45) is 11.8 Å². The molecular weight excluding hydrogens is 538 g/mol. The fourth-order valence-corrected chi connectivity index (χ4v) is 5.63. The molecular formula is C32H49N3O7. The molecule has 3 rings (SSSR count). The van der Waals surface area contributed by atoms with Crippen molar-refractivity contribution in [3.05, 3.63) is 29.8 Å². The van der Waals surface area contributed by atoms with Gasteiger partial charge < -0.3 is 29.3 Å². The number of piperidine rings is 2. The number of esters is 1. The normalized spacial score (nSPS) is 18.6. The van der Waals surface area contributed by atoms with Crippen LogP contribution in [0.3, 0.4) is 0 Å². The van der Waals surface area contributed by atoms with Crippen LogP contribution in [0.1, 0.15) is 77.7 Å². The summed E-state index contributed by atoms with van der Waals surface area (Å²) < 4.78 is 15.6. The van der Waals surface area contributed by atoms with Crippen molar-refractivity contribution in [2.45, 2.75) is 90.2 Å². The van der Waals surface area contributed by atoms with E-state index in [0.717, 1.165) is 37.0 Å². The summed E-state index contributed by atoms with van der Waals surface area (Å²) in [6, 6.07) is 7.38. The molecule has 1 unspecified atom stereocenters. The molecule has 0 radical (unpaired) electrons. The molecule has 0 aliphatic carbocycles. The van der Waals surface area contributed by atoms with Gasteiger partial charge in [-0.3, -0.25) is 14.4 Å². The first-order valence-corrected chi connectivity index (χ1v) is 15.2. The fraction of sp³-hybridized carbons (Fsp3) is 0.688. The average Bonchev–Trinajstić information content (AvgIpc) is 2.98. The van der Waals surface area contributed by atoms with Gasteiger partial charge in [0.2, 0.25) is 11.8 Å². The lowest BCUT2D eigenvalue weighted by Gasteiger charge is -2.35. The van der Waals surface area contributed by atoms with Crippen molar-refractivity contribution in [3.8, 4) is 5.75 Å². The second-order valence-corrected chi connectivity index (χ2v) is 12.5. The van der Waals surface area contributed by atoms with Crippen molar-refractivity contribution in [2.75, 3.05) is 40.4 Å². The molecule has 2 atom stereocenters. The Morgan fingerprint density at radius 2 is 1.76 bits per heavy atom. The Labute approximate surface area is 250 Å². The molecule has 2 heterocycles. The van der Waals surface area contributed by atoms with E-state index in [4.69, 9.17) is 14.2 Å². The minimum absolute atomic E-state index is 0.0752. The van der Waals surface area contributed by atoms with Crippen molar-refractivity contribution in [1.29, 1.82) is 0 Å². The molecule has 0 aromatic heterocycles. The molecule has 234 valence electrons. The lowest BCUT2D eigenvalue weighted by atomic mass is 9.91. The quantitative estimate of drug-likeness (QED) is 0.383. The van der Waals surface area contributed by atoms with Crippen molar-refractivity contribution in [3.63, 3.8) is 0 Å². The van der Waals surface area contributed by atoms with E-state index in [1.807, 2.05) is 49.9 Å². The number of ether oxygens (including phenoxy) is 3. The molecule has 3 amide bonds. The minimum Gasteiger partial charge on any atom is -0.497 e. The van der Waals surface area contributed by atoms with Gasteiger partial charge in [-0.25, -0.2) is 4.79 Å². The van der Waals surface area contributed by atoms with Gasteiger partial charge >= 0.3 is 12.1 Å². The van der Waals surface area contributed by atoms with Crippen LogP contribution in [-0.4, -0.2) is 85.7 Å². The molecule has 2 aliphatic heterocycles. The number of carbonyl (C=O) groups excluding carboxylic acids is 4. The number of benzene rings is 1. The predicted molar refractivity (Wildman–Crippen MR) is 159 cm³/mol. The third-order valence-electron chi connectivity index (χ3n) is 8.08. The van der Waals surface area contributed by atoms with E-state index in [0.29, 0.717) is 57.8 Å². The third-order valence-corrected chi connectivity index (χ3v) is 8.08. The topological polar surface area (TPSA) is 114 Å².